The van der Waals surface area contributed by atoms with E-state index < -0.39 is 0 Å². The zero-order chi connectivity index (χ0) is 12.7. The summed E-state index contributed by atoms with van der Waals surface area (Å²) in [6.45, 7) is 2.34. The second-order valence-electron chi connectivity index (χ2n) is 3.79. The van der Waals surface area contributed by atoms with Gasteiger partial charge in [0, 0.05) is 24.1 Å². The second-order valence-corrected chi connectivity index (χ2v) is 3.79. The molecular formula is C13H18N2O2. The predicted molar refractivity (Wildman–Crippen MR) is 68.0 cm³/mol. The highest BCUT2D eigenvalue weighted by Crippen LogP contribution is 2.11. The maximum absolute atomic E-state index is 11.4. The Bertz CT molecular complexity index is 385. The number of carbonyl (C=O) groups is 2. The number of hydrogen-bond donors (Lipinski definition) is 2. The summed E-state index contributed by atoms with van der Waals surface area (Å²) in [7, 11) is 0. The number of nitrogens with two attached hydrogens (primary N) is 1. The normalized spacial score (nSPS) is 10.0. The number of ketones is 1. The number of anilines is 1. The van der Waals surface area contributed by atoms with Crippen molar-refractivity contribution in [3.05, 3.63) is 29.8 Å². The van der Waals surface area contributed by atoms with Crippen molar-refractivity contribution in [3.63, 3.8) is 0 Å². The largest absolute Gasteiger partial charge is 0.330 e. The molecule has 0 heterocycles. The first-order valence-electron chi connectivity index (χ1n) is 5.80. The standard InChI is InChI=1S/C13H18N2O2/c1-2-12(16)10-5-7-11(8-6-10)15-13(17)4-3-9-14/h5-8H,2-4,9,14H2,1H3,(H,15,17). The van der Waals surface area contributed by atoms with E-state index in [2.05, 4.69) is 5.32 Å². The number of amides is 1. The molecule has 0 bridgehead atoms. The Labute approximate surface area is 101 Å². The molecule has 0 atom stereocenters. The lowest BCUT2D eigenvalue weighted by Gasteiger charge is -2.05. The minimum absolute atomic E-state index is 0.0509. The molecule has 4 nitrogen and oxygen atoms in total. The molecule has 0 aliphatic carbocycles. The van der Waals surface area contributed by atoms with Crippen LogP contribution in [0.5, 0.6) is 0 Å². The van der Waals surface area contributed by atoms with Crippen molar-refractivity contribution in [1.29, 1.82) is 0 Å². The van der Waals surface area contributed by atoms with E-state index in [9.17, 15) is 9.59 Å². The van der Waals surface area contributed by atoms with E-state index in [1.807, 2.05) is 6.92 Å². The van der Waals surface area contributed by atoms with E-state index in [1.165, 1.54) is 0 Å². The number of nitrogens with one attached hydrogen (secondary N) is 1. The monoisotopic (exact) mass is 234 g/mol. The van der Waals surface area contributed by atoms with Crippen LogP contribution in [0.4, 0.5) is 5.69 Å². The lowest BCUT2D eigenvalue weighted by molar-refractivity contribution is -0.116. The van der Waals surface area contributed by atoms with Crippen molar-refractivity contribution in [1.82, 2.24) is 0 Å². The van der Waals surface area contributed by atoms with Crippen molar-refractivity contribution in [2.75, 3.05) is 11.9 Å². The molecule has 0 radical (unpaired) electrons. The van der Waals surface area contributed by atoms with E-state index in [0.29, 0.717) is 37.1 Å². The molecular weight excluding hydrogens is 216 g/mol. The highest BCUT2D eigenvalue weighted by molar-refractivity contribution is 5.97. The number of hydrogen-bond acceptors (Lipinski definition) is 3. The van der Waals surface area contributed by atoms with E-state index >= 15 is 0 Å². The number of carbonyl (C=O) groups excluding carboxylic acids is 2. The Morgan fingerprint density at radius 3 is 2.41 bits per heavy atom. The van der Waals surface area contributed by atoms with Gasteiger partial charge >= 0.3 is 0 Å². The molecule has 0 fully saturated rings. The summed E-state index contributed by atoms with van der Waals surface area (Å²) in [6, 6.07) is 6.93. The minimum Gasteiger partial charge on any atom is -0.330 e. The molecule has 92 valence electrons. The van der Waals surface area contributed by atoms with Crippen LogP contribution in [0.1, 0.15) is 36.5 Å². The molecule has 0 spiro atoms. The minimum atomic E-state index is -0.0509. The van der Waals surface area contributed by atoms with Crippen molar-refractivity contribution < 1.29 is 9.59 Å². The van der Waals surface area contributed by atoms with Crippen LogP contribution in [0.15, 0.2) is 24.3 Å². The third kappa shape index (κ3) is 4.36. The lowest BCUT2D eigenvalue weighted by atomic mass is 10.1. The van der Waals surface area contributed by atoms with Gasteiger partial charge < -0.3 is 11.1 Å². The topological polar surface area (TPSA) is 72.2 Å². The van der Waals surface area contributed by atoms with Crippen LogP contribution in [-0.4, -0.2) is 18.2 Å². The molecule has 0 aromatic heterocycles. The van der Waals surface area contributed by atoms with Crippen LogP contribution in [0.25, 0.3) is 0 Å². The van der Waals surface area contributed by atoms with Crippen molar-refractivity contribution in [2.45, 2.75) is 26.2 Å². The fraction of sp³-hybridized carbons (Fsp3) is 0.385. The first-order valence-corrected chi connectivity index (χ1v) is 5.80. The Hall–Kier alpha value is -1.68. The number of benzene rings is 1. The molecule has 0 unspecified atom stereocenters. The molecule has 1 aromatic rings. The summed E-state index contributed by atoms with van der Waals surface area (Å²) in [5.41, 5.74) is 6.70. The maximum atomic E-state index is 11.4. The molecule has 0 aliphatic heterocycles. The van der Waals surface area contributed by atoms with Crippen molar-refractivity contribution in [3.8, 4) is 0 Å². The molecule has 3 N–H and O–H groups in total. The molecule has 17 heavy (non-hydrogen) atoms. The van der Waals surface area contributed by atoms with Crippen LogP contribution in [0.2, 0.25) is 0 Å². The summed E-state index contributed by atoms with van der Waals surface area (Å²) in [5.74, 6) is 0.0519. The van der Waals surface area contributed by atoms with Crippen LogP contribution < -0.4 is 11.1 Å². The zero-order valence-electron chi connectivity index (χ0n) is 10.0. The molecule has 0 aliphatic rings. The SMILES string of the molecule is CCC(=O)c1ccc(NC(=O)CCCN)cc1. The summed E-state index contributed by atoms with van der Waals surface area (Å²) >= 11 is 0. The van der Waals surface area contributed by atoms with Crippen LogP contribution >= 0.6 is 0 Å². The predicted octanol–water partition coefficient (Wildman–Crippen LogP) is 1.96. The van der Waals surface area contributed by atoms with Crippen molar-refractivity contribution >= 4 is 17.4 Å². The Balaban J connectivity index is 2.56. The van der Waals surface area contributed by atoms with Gasteiger partial charge in [-0.05, 0) is 37.2 Å². The molecule has 1 amide bonds. The second kappa shape index (κ2) is 6.81. The Morgan fingerprint density at radius 1 is 1.24 bits per heavy atom. The van der Waals surface area contributed by atoms with Gasteiger partial charge in [-0.15, -0.1) is 0 Å². The lowest BCUT2D eigenvalue weighted by Crippen LogP contribution is -2.13. The van der Waals surface area contributed by atoms with Gasteiger partial charge in [-0.25, -0.2) is 0 Å². The molecule has 0 saturated carbocycles. The van der Waals surface area contributed by atoms with E-state index in [4.69, 9.17) is 5.73 Å². The first-order chi connectivity index (χ1) is 8.17. The third-order valence-corrected chi connectivity index (χ3v) is 2.42. The number of Topliss-reactive ketones (excluding diaryl/α,β-unsaturated/α-hetero) is 1. The van der Waals surface area contributed by atoms with Gasteiger partial charge in [-0.2, -0.15) is 0 Å². The van der Waals surface area contributed by atoms with Gasteiger partial charge in [0.25, 0.3) is 0 Å². The van der Waals surface area contributed by atoms with E-state index in [0.717, 1.165) is 0 Å². The highest BCUT2D eigenvalue weighted by atomic mass is 16.1. The first kappa shape index (κ1) is 13.4. The van der Waals surface area contributed by atoms with Gasteiger partial charge in [0.15, 0.2) is 5.78 Å². The van der Waals surface area contributed by atoms with E-state index in [1.54, 1.807) is 24.3 Å². The summed E-state index contributed by atoms with van der Waals surface area (Å²) < 4.78 is 0. The highest BCUT2D eigenvalue weighted by Gasteiger charge is 2.04. The average molecular weight is 234 g/mol. The Morgan fingerprint density at radius 2 is 1.88 bits per heavy atom. The quantitative estimate of drug-likeness (QED) is 0.739. The average Bonchev–Trinajstić information content (AvgIpc) is 2.36. The summed E-state index contributed by atoms with van der Waals surface area (Å²) in [6.07, 6.45) is 1.59. The number of rotatable bonds is 6. The van der Waals surface area contributed by atoms with Crippen LogP contribution in [0, 0.1) is 0 Å². The smallest absolute Gasteiger partial charge is 0.224 e. The zero-order valence-corrected chi connectivity index (χ0v) is 10.0. The van der Waals surface area contributed by atoms with E-state index in [-0.39, 0.29) is 11.7 Å². The van der Waals surface area contributed by atoms with Gasteiger partial charge in [-0.3, -0.25) is 9.59 Å². The fourth-order valence-corrected chi connectivity index (χ4v) is 1.43. The summed E-state index contributed by atoms with van der Waals surface area (Å²) in [5, 5.41) is 2.76. The molecule has 1 rings (SSSR count). The molecule has 4 heteroatoms. The van der Waals surface area contributed by atoms with Crippen LogP contribution in [0.3, 0.4) is 0 Å². The van der Waals surface area contributed by atoms with Gasteiger partial charge in [0.2, 0.25) is 5.91 Å². The van der Waals surface area contributed by atoms with Gasteiger partial charge in [-0.1, -0.05) is 6.92 Å². The molecule has 0 saturated heterocycles. The van der Waals surface area contributed by atoms with Crippen LogP contribution in [-0.2, 0) is 4.79 Å². The third-order valence-electron chi connectivity index (χ3n) is 2.42. The summed E-state index contributed by atoms with van der Waals surface area (Å²) in [4.78, 5) is 22.8. The molecule has 1 aromatic carbocycles. The maximum Gasteiger partial charge on any atom is 0.224 e. The Kier molecular flexibility index (Phi) is 5.36. The fourth-order valence-electron chi connectivity index (χ4n) is 1.43. The van der Waals surface area contributed by atoms with Crippen molar-refractivity contribution in [2.24, 2.45) is 5.73 Å². The van der Waals surface area contributed by atoms with Gasteiger partial charge in [0.05, 0.1) is 0 Å². The van der Waals surface area contributed by atoms with Gasteiger partial charge in [0.1, 0.15) is 0 Å².